The average molecular weight is 285 g/mol. The third-order valence-corrected chi connectivity index (χ3v) is 4.92. The molecule has 1 aromatic carbocycles. The van der Waals surface area contributed by atoms with Gasteiger partial charge in [-0.3, -0.25) is 9.55 Å². The number of thioether (sulfide) groups is 1. The molecule has 1 aliphatic rings. The molecule has 18 heavy (non-hydrogen) atoms. The predicted octanol–water partition coefficient (Wildman–Crippen LogP) is 2.40. The first-order valence-corrected chi connectivity index (χ1v) is 8.18. The molecule has 0 spiro atoms. The largest absolute Gasteiger partial charge is 0.294 e. The zero-order valence-corrected chi connectivity index (χ0v) is 11.7. The first kappa shape index (κ1) is 13.6. The Labute approximate surface area is 111 Å². The van der Waals surface area contributed by atoms with Crippen LogP contribution in [0.1, 0.15) is 18.9 Å². The van der Waals surface area contributed by atoms with E-state index in [4.69, 9.17) is 4.55 Å². The van der Waals surface area contributed by atoms with Crippen molar-refractivity contribution in [2.45, 2.75) is 30.7 Å². The summed E-state index contributed by atoms with van der Waals surface area (Å²) in [7, 11) is -4.16. The van der Waals surface area contributed by atoms with E-state index in [1.807, 2.05) is 0 Å². The van der Waals surface area contributed by atoms with Gasteiger partial charge in [-0.05, 0) is 18.1 Å². The second-order valence-corrected chi connectivity index (χ2v) is 6.64. The van der Waals surface area contributed by atoms with Crippen LogP contribution in [0.4, 0.5) is 0 Å². The van der Waals surface area contributed by atoms with E-state index < -0.39 is 10.1 Å². The topological polar surface area (TPSA) is 66.7 Å². The van der Waals surface area contributed by atoms with Gasteiger partial charge in [-0.25, -0.2) is 0 Å². The van der Waals surface area contributed by atoms with Crippen LogP contribution in [-0.2, 0) is 16.5 Å². The lowest BCUT2D eigenvalue weighted by molar-refractivity contribution is 0.482. The molecule has 98 valence electrons. The molecule has 0 bridgehead atoms. The zero-order chi connectivity index (χ0) is 13.2. The van der Waals surface area contributed by atoms with Gasteiger partial charge in [0.05, 0.1) is 16.0 Å². The van der Waals surface area contributed by atoms with Gasteiger partial charge in [-0.15, -0.1) is 11.8 Å². The van der Waals surface area contributed by atoms with Crippen molar-refractivity contribution in [3.05, 3.63) is 29.8 Å². The second kappa shape index (κ2) is 5.42. The monoisotopic (exact) mass is 285 g/mol. The van der Waals surface area contributed by atoms with Gasteiger partial charge in [0.1, 0.15) is 0 Å². The maximum Gasteiger partial charge on any atom is 0.294 e. The molecule has 0 radical (unpaired) electrons. The number of benzene rings is 1. The lowest BCUT2D eigenvalue weighted by atomic mass is 10.1. The van der Waals surface area contributed by atoms with Gasteiger partial charge in [-0.1, -0.05) is 25.1 Å². The van der Waals surface area contributed by atoms with Crippen molar-refractivity contribution in [3.63, 3.8) is 0 Å². The Kier molecular flexibility index (Phi) is 4.09. The van der Waals surface area contributed by atoms with Crippen molar-refractivity contribution in [2.24, 2.45) is 4.99 Å². The van der Waals surface area contributed by atoms with E-state index in [0.717, 1.165) is 17.2 Å². The van der Waals surface area contributed by atoms with E-state index in [1.165, 1.54) is 6.07 Å². The van der Waals surface area contributed by atoms with Gasteiger partial charge in [0, 0.05) is 12.2 Å². The molecule has 1 unspecified atom stereocenters. The van der Waals surface area contributed by atoms with Crippen molar-refractivity contribution < 1.29 is 13.0 Å². The molecule has 1 heterocycles. The van der Waals surface area contributed by atoms with Crippen LogP contribution in [0.15, 0.2) is 34.2 Å². The van der Waals surface area contributed by atoms with Crippen molar-refractivity contribution in [1.82, 2.24) is 0 Å². The molecule has 4 nitrogen and oxygen atoms in total. The first-order chi connectivity index (χ1) is 8.50. The zero-order valence-electron chi connectivity index (χ0n) is 10.0. The number of hydrogen-bond donors (Lipinski definition) is 1. The molecular formula is C12H15NO3S2. The van der Waals surface area contributed by atoms with Crippen molar-refractivity contribution in [3.8, 4) is 0 Å². The fourth-order valence-electron chi connectivity index (χ4n) is 1.84. The van der Waals surface area contributed by atoms with Crippen LogP contribution in [0, 0.1) is 0 Å². The Bertz CT molecular complexity index is 566. The molecule has 0 saturated heterocycles. The predicted molar refractivity (Wildman–Crippen MR) is 73.9 cm³/mol. The minimum Gasteiger partial charge on any atom is -0.282 e. The lowest BCUT2D eigenvalue weighted by Gasteiger charge is -2.06. The third-order valence-electron chi connectivity index (χ3n) is 2.83. The Hall–Kier alpha value is -0.850. The molecule has 2 rings (SSSR count). The van der Waals surface area contributed by atoms with E-state index in [2.05, 4.69) is 11.9 Å². The van der Waals surface area contributed by atoms with E-state index >= 15 is 0 Å². The van der Waals surface area contributed by atoms with E-state index in [9.17, 15) is 8.42 Å². The fraction of sp³-hybridized carbons (Fsp3) is 0.417. The quantitative estimate of drug-likeness (QED) is 0.863. The Morgan fingerprint density at radius 3 is 2.78 bits per heavy atom. The van der Waals surface area contributed by atoms with Gasteiger partial charge in [0.25, 0.3) is 10.1 Å². The minimum atomic E-state index is -4.16. The van der Waals surface area contributed by atoms with Gasteiger partial charge in [0.15, 0.2) is 0 Å². The molecule has 0 aliphatic carbocycles. The smallest absolute Gasteiger partial charge is 0.282 e. The van der Waals surface area contributed by atoms with Gasteiger partial charge < -0.3 is 0 Å². The second-order valence-electron chi connectivity index (χ2n) is 4.16. The van der Waals surface area contributed by atoms with Crippen molar-refractivity contribution in [1.29, 1.82) is 0 Å². The van der Waals surface area contributed by atoms with Crippen LogP contribution in [-0.4, -0.2) is 29.8 Å². The summed E-state index contributed by atoms with van der Waals surface area (Å²) in [5.41, 5.74) is 0.600. The first-order valence-electron chi connectivity index (χ1n) is 5.75. The van der Waals surface area contributed by atoms with Crippen LogP contribution >= 0.6 is 11.8 Å². The summed E-state index contributed by atoms with van der Waals surface area (Å²) in [5, 5.41) is 0.943. The highest BCUT2D eigenvalue weighted by Crippen LogP contribution is 2.25. The molecule has 0 fully saturated rings. The van der Waals surface area contributed by atoms with Crippen LogP contribution in [0.5, 0.6) is 0 Å². The summed E-state index contributed by atoms with van der Waals surface area (Å²) < 4.78 is 31.7. The normalized spacial score (nSPS) is 19.9. The standard InChI is InChI=1S/C12H15NO3S2/c1-2-10-8-17-12(13-10)7-9-5-3-4-6-11(9)18(14,15)16/h3-6,10H,2,7-8H2,1H3,(H,14,15,16). The van der Waals surface area contributed by atoms with Gasteiger partial charge in [-0.2, -0.15) is 8.42 Å². The van der Waals surface area contributed by atoms with E-state index in [0.29, 0.717) is 18.0 Å². The molecule has 0 saturated carbocycles. The lowest BCUT2D eigenvalue weighted by Crippen LogP contribution is -2.06. The van der Waals surface area contributed by atoms with Crippen LogP contribution < -0.4 is 0 Å². The van der Waals surface area contributed by atoms with Crippen LogP contribution in [0.3, 0.4) is 0 Å². The highest BCUT2D eigenvalue weighted by molar-refractivity contribution is 8.14. The molecule has 0 aromatic heterocycles. The molecule has 1 aromatic rings. The molecule has 6 heteroatoms. The highest BCUT2D eigenvalue weighted by Gasteiger charge is 2.20. The Morgan fingerprint density at radius 2 is 2.17 bits per heavy atom. The molecule has 1 aliphatic heterocycles. The molecular weight excluding hydrogens is 270 g/mol. The number of nitrogens with zero attached hydrogens (tertiary/aromatic N) is 1. The maximum atomic E-state index is 11.3. The SMILES string of the molecule is CCC1CSC(Cc2ccccc2S(=O)(=O)O)=N1. The average Bonchev–Trinajstić information content (AvgIpc) is 2.76. The van der Waals surface area contributed by atoms with Crippen LogP contribution in [0.2, 0.25) is 0 Å². The van der Waals surface area contributed by atoms with Crippen molar-refractivity contribution >= 4 is 26.9 Å². The highest BCUT2D eigenvalue weighted by atomic mass is 32.2. The van der Waals surface area contributed by atoms with Crippen LogP contribution in [0.25, 0.3) is 0 Å². The van der Waals surface area contributed by atoms with Crippen molar-refractivity contribution in [2.75, 3.05) is 5.75 Å². The fourth-order valence-corrected chi connectivity index (χ4v) is 3.74. The Balaban J connectivity index is 2.26. The van der Waals surface area contributed by atoms with E-state index in [-0.39, 0.29) is 4.90 Å². The molecule has 1 atom stereocenters. The molecule has 0 amide bonds. The summed E-state index contributed by atoms with van der Waals surface area (Å²) in [6, 6.07) is 6.84. The summed E-state index contributed by atoms with van der Waals surface area (Å²) in [6.07, 6.45) is 1.47. The molecule has 1 N–H and O–H groups in total. The van der Waals surface area contributed by atoms with Gasteiger partial charge >= 0.3 is 0 Å². The summed E-state index contributed by atoms with van der Waals surface area (Å²) in [5.74, 6) is 0.958. The summed E-state index contributed by atoms with van der Waals surface area (Å²) in [4.78, 5) is 4.51. The van der Waals surface area contributed by atoms with E-state index in [1.54, 1.807) is 30.0 Å². The minimum absolute atomic E-state index is 0.0201. The summed E-state index contributed by atoms with van der Waals surface area (Å²) >= 11 is 1.66. The van der Waals surface area contributed by atoms with Gasteiger partial charge in [0.2, 0.25) is 0 Å². The number of hydrogen-bond acceptors (Lipinski definition) is 4. The number of rotatable bonds is 4. The third kappa shape index (κ3) is 3.13. The Morgan fingerprint density at radius 1 is 1.44 bits per heavy atom. The maximum absolute atomic E-state index is 11.3. The number of aliphatic imine (C=N–C) groups is 1. The summed E-state index contributed by atoms with van der Waals surface area (Å²) in [6.45, 7) is 2.09.